The Bertz CT molecular complexity index is 1190. The number of anilines is 3. The molecule has 3 aromatic rings. The third-order valence-electron chi connectivity index (χ3n) is 5.74. The Kier molecular flexibility index (Phi) is 6.12. The van der Waals surface area contributed by atoms with Crippen LogP contribution in [-0.2, 0) is 11.8 Å². The highest BCUT2D eigenvalue weighted by molar-refractivity contribution is 6.09. The zero-order chi connectivity index (χ0) is 23.5. The molecule has 0 bridgehead atoms. The van der Waals surface area contributed by atoms with Gasteiger partial charge in [0.15, 0.2) is 11.5 Å². The van der Waals surface area contributed by atoms with Crippen LogP contribution in [0.2, 0.25) is 0 Å². The van der Waals surface area contributed by atoms with E-state index >= 15 is 0 Å². The molecule has 1 aliphatic carbocycles. The number of hydrogen-bond donors (Lipinski definition) is 3. The predicted octanol–water partition coefficient (Wildman–Crippen LogP) is 1.78. The van der Waals surface area contributed by atoms with Gasteiger partial charge in [-0.1, -0.05) is 0 Å². The number of nitrogens with one attached hydrogen (secondary N) is 3. The van der Waals surface area contributed by atoms with Crippen molar-refractivity contribution in [2.24, 2.45) is 7.05 Å². The van der Waals surface area contributed by atoms with E-state index in [0.717, 1.165) is 31.4 Å². The Morgan fingerprint density at radius 3 is 2.68 bits per heavy atom. The van der Waals surface area contributed by atoms with E-state index in [-0.39, 0.29) is 34.9 Å². The minimum atomic E-state index is -0.504. The van der Waals surface area contributed by atoms with Crippen LogP contribution in [0.3, 0.4) is 0 Å². The number of carbonyl (C=O) groups excluding carboxylic acids is 2. The molecule has 3 aromatic heterocycles. The van der Waals surface area contributed by atoms with Crippen molar-refractivity contribution >= 4 is 29.0 Å². The molecule has 12 nitrogen and oxygen atoms in total. The van der Waals surface area contributed by atoms with Crippen LogP contribution in [0.25, 0.3) is 0 Å². The van der Waals surface area contributed by atoms with Crippen molar-refractivity contribution in [3.63, 3.8) is 0 Å². The number of hydrogen-bond acceptors (Lipinski definition) is 9. The fourth-order valence-corrected chi connectivity index (χ4v) is 3.80. The van der Waals surface area contributed by atoms with E-state index in [4.69, 9.17) is 4.74 Å². The number of carbonyl (C=O) groups is 2. The quantitative estimate of drug-likeness (QED) is 0.454. The molecule has 34 heavy (non-hydrogen) atoms. The van der Waals surface area contributed by atoms with Gasteiger partial charge in [-0.15, -0.1) is 0 Å². The Morgan fingerprint density at radius 1 is 1.12 bits per heavy atom. The zero-order valence-corrected chi connectivity index (χ0v) is 18.7. The van der Waals surface area contributed by atoms with Crippen molar-refractivity contribution < 1.29 is 14.3 Å². The van der Waals surface area contributed by atoms with Crippen molar-refractivity contribution in [1.29, 1.82) is 0 Å². The Hall–Kier alpha value is -3.93. The molecule has 4 heterocycles. The minimum Gasteiger partial charge on any atom is -0.376 e. The molecule has 3 N–H and O–H groups in total. The highest BCUT2D eigenvalue weighted by Gasteiger charge is 2.28. The maximum atomic E-state index is 13.3. The molecule has 0 aromatic carbocycles. The molecule has 1 aliphatic heterocycles. The van der Waals surface area contributed by atoms with Gasteiger partial charge in [0, 0.05) is 26.1 Å². The summed E-state index contributed by atoms with van der Waals surface area (Å²) in [6.45, 7) is 1.11. The average molecular weight is 464 g/mol. The molecule has 1 atom stereocenters. The average Bonchev–Trinajstić information content (AvgIpc) is 3.44. The van der Waals surface area contributed by atoms with Crippen LogP contribution in [-0.4, -0.2) is 60.8 Å². The summed E-state index contributed by atoms with van der Waals surface area (Å²) in [7, 11) is 1.65. The molecule has 0 spiro atoms. The summed E-state index contributed by atoms with van der Waals surface area (Å²) in [5, 5.41) is 12.8. The van der Waals surface area contributed by atoms with Gasteiger partial charge in [0.2, 0.25) is 0 Å². The molecule has 1 saturated carbocycles. The topological polar surface area (TPSA) is 149 Å². The normalized spacial score (nSPS) is 17.4. The molecule has 2 fully saturated rings. The van der Waals surface area contributed by atoms with Crippen LogP contribution < -0.4 is 16.0 Å². The first-order valence-corrected chi connectivity index (χ1v) is 11.2. The molecule has 0 radical (unpaired) electrons. The summed E-state index contributed by atoms with van der Waals surface area (Å²) in [4.78, 5) is 43.1. The van der Waals surface area contributed by atoms with Gasteiger partial charge in [-0.05, 0) is 25.7 Å². The molecular weight excluding hydrogens is 438 g/mol. The minimum absolute atomic E-state index is 0.00579. The van der Waals surface area contributed by atoms with Gasteiger partial charge >= 0.3 is 0 Å². The Balaban J connectivity index is 1.36. The van der Waals surface area contributed by atoms with Gasteiger partial charge < -0.3 is 20.7 Å². The number of ether oxygens (including phenoxy) is 1. The molecule has 0 unspecified atom stereocenters. The molecule has 12 heteroatoms. The molecular formula is C22H25N9O3. The van der Waals surface area contributed by atoms with Gasteiger partial charge in [-0.3, -0.25) is 14.3 Å². The summed E-state index contributed by atoms with van der Waals surface area (Å²) in [6.07, 6.45) is 11.6. The van der Waals surface area contributed by atoms with E-state index in [1.165, 1.54) is 17.2 Å². The van der Waals surface area contributed by atoms with Crippen LogP contribution in [0.15, 0.2) is 31.1 Å². The SMILES string of the molecule is Cn1ncc(NC(=O)c2nc(C3CC3)cnc2Nc2cncnc2)c1C(=O)NC[C@H]1CCCO1. The van der Waals surface area contributed by atoms with Crippen LogP contribution >= 0.6 is 0 Å². The van der Waals surface area contributed by atoms with E-state index in [1.54, 1.807) is 25.6 Å². The van der Waals surface area contributed by atoms with Gasteiger partial charge in [0.1, 0.15) is 12.0 Å². The number of rotatable bonds is 8. The summed E-state index contributed by atoms with van der Waals surface area (Å²) in [5.41, 5.74) is 1.97. The number of nitrogens with zero attached hydrogens (tertiary/aromatic N) is 6. The third kappa shape index (κ3) is 4.86. The van der Waals surface area contributed by atoms with Crippen LogP contribution in [0.4, 0.5) is 17.2 Å². The number of aromatic nitrogens is 6. The van der Waals surface area contributed by atoms with Gasteiger partial charge in [-0.25, -0.2) is 19.9 Å². The van der Waals surface area contributed by atoms with E-state index in [1.807, 2.05) is 0 Å². The van der Waals surface area contributed by atoms with E-state index in [9.17, 15) is 9.59 Å². The lowest BCUT2D eigenvalue weighted by Crippen LogP contribution is -2.33. The summed E-state index contributed by atoms with van der Waals surface area (Å²) >= 11 is 0. The molecule has 5 rings (SSSR count). The molecule has 2 amide bonds. The highest BCUT2D eigenvalue weighted by atomic mass is 16.5. The summed E-state index contributed by atoms with van der Waals surface area (Å²) in [5.74, 6) is -0.269. The largest absolute Gasteiger partial charge is 0.376 e. The fraction of sp³-hybridized carbons (Fsp3) is 0.409. The summed E-state index contributed by atoms with van der Waals surface area (Å²) in [6, 6.07) is 0. The second-order valence-electron chi connectivity index (χ2n) is 8.35. The smallest absolute Gasteiger partial charge is 0.278 e. The molecule has 1 saturated heterocycles. The lowest BCUT2D eigenvalue weighted by Gasteiger charge is -2.13. The molecule has 2 aliphatic rings. The van der Waals surface area contributed by atoms with E-state index < -0.39 is 5.91 Å². The fourth-order valence-electron chi connectivity index (χ4n) is 3.80. The molecule has 176 valence electrons. The first-order valence-electron chi connectivity index (χ1n) is 11.2. The highest BCUT2D eigenvalue weighted by Crippen LogP contribution is 2.39. The van der Waals surface area contributed by atoms with Crippen molar-refractivity contribution in [2.75, 3.05) is 23.8 Å². The first-order chi connectivity index (χ1) is 16.6. The third-order valence-corrected chi connectivity index (χ3v) is 5.74. The second-order valence-corrected chi connectivity index (χ2v) is 8.35. The van der Waals surface area contributed by atoms with E-state index in [2.05, 4.69) is 41.0 Å². The Morgan fingerprint density at radius 2 is 1.94 bits per heavy atom. The number of amides is 2. The van der Waals surface area contributed by atoms with Crippen molar-refractivity contribution in [1.82, 2.24) is 35.0 Å². The van der Waals surface area contributed by atoms with Crippen molar-refractivity contribution in [3.8, 4) is 0 Å². The van der Waals surface area contributed by atoms with Gasteiger partial charge in [0.05, 0.1) is 48.0 Å². The lowest BCUT2D eigenvalue weighted by atomic mass is 10.2. The first kappa shape index (κ1) is 21.9. The summed E-state index contributed by atoms with van der Waals surface area (Å²) < 4.78 is 6.99. The monoisotopic (exact) mass is 463 g/mol. The van der Waals surface area contributed by atoms with Crippen molar-refractivity contribution in [2.45, 2.75) is 37.7 Å². The van der Waals surface area contributed by atoms with Crippen LogP contribution in [0, 0.1) is 0 Å². The lowest BCUT2D eigenvalue weighted by molar-refractivity contribution is 0.0851. The maximum Gasteiger partial charge on any atom is 0.278 e. The van der Waals surface area contributed by atoms with Gasteiger partial charge in [-0.2, -0.15) is 5.10 Å². The Labute approximate surface area is 195 Å². The number of aryl methyl sites for hydroxylation is 1. The van der Waals surface area contributed by atoms with Crippen LogP contribution in [0.5, 0.6) is 0 Å². The maximum absolute atomic E-state index is 13.3. The standard InChI is InChI=1S/C22H25N9O3/c1-31-19(22(33)26-9-15-3-2-6-34-15)17(11-27-31)30-21(32)18-20(28-14-7-23-12-24-8-14)25-10-16(29-18)13-4-5-13/h7-8,10-13,15H,2-6,9H2,1H3,(H,25,28)(H,26,33)(H,30,32)/t15-/m1/s1. The predicted molar refractivity (Wildman–Crippen MR) is 122 cm³/mol. The van der Waals surface area contributed by atoms with Gasteiger partial charge in [0.25, 0.3) is 11.8 Å². The zero-order valence-electron chi connectivity index (χ0n) is 18.7. The van der Waals surface area contributed by atoms with Crippen molar-refractivity contribution in [3.05, 3.63) is 48.2 Å². The van der Waals surface area contributed by atoms with Crippen LogP contribution in [0.1, 0.15) is 58.3 Å². The van der Waals surface area contributed by atoms with E-state index in [0.29, 0.717) is 24.8 Å². The second kappa shape index (κ2) is 9.51.